The molecule has 5 nitrogen and oxygen atoms in total. The van der Waals surface area contributed by atoms with E-state index in [9.17, 15) is 9.90 Å². The molecule has 3 rings (SSSR count). The number of hydrogen-bond acceptors (Lipinski definition) is 5. The summed E-state index contributed by atoms with van der Waals surface area (Å²) < 4.78 is 11.9. The van der Waals surface area contributed by atoms with E-state index in [0.29, 0.717) is 18.8 Å². The lowest BCUT2D eigenvalue weighted by Gasteiger charge is -2.30. The monoisotopic (exact) mass is 389 g/mol. The van der Waals surface area contributed by atoms with Crippen molar-refractivity contribution >= 4 is 11.7 Å². The van der Waals surface area contributed by atoms with Crippen LogP contribution in [0.5, 0.6) is 5.75 Å². The molecule has 2 aliphatic rings. The normalized spacial score (nSPS) is 23.4. The summed E-state index contributed by atoms with van der Waals surface area (Å²) in [4.78, 5) is 13.9. The number of hydrogen-bond donors (Lipinski definition) is 1. The van der Waals surface area contributed by atoms with Gasteiger partial charge >= 0.3 is 5.97 Å². The molecule has 0 bridgehead atoms. The van der Waals surface area contributed by atoms with Crippen molar-refractivity contribution in [2.75, 3.05) is 19.0 Å². The van der Waals surface area contributed by atoms with Crippen molar-refractivity contribution in [1.82, 2.24) is 0 Å². The Bertz CT molecular complexity index is 767. The molecular formula is C23H35NO4. The third-order valence-electron chi connectivity index (χ3n) is 5.89. The van der Waals surface area contributed by atoms with Gasteiger partial charge in [-0.15, -0.1) is 0 Å². The van der Waals surface area contributed by atoms with Gasteiger partial charge in [-0.3, -0.25) is 4.79 Å². The van der Waals surface area contributed by atoms with Crippen LogP contribution in [0.4, 0.5) is 5.69 Å². The highest BCUT2D eigenvalue weighted by Gasteiger charge is 2.37. The first-order valence-corrected chi connectivity index (χ1v) is 10.4. The maximum absolute atomic E-state index is 11.7. The van der Waals surface area contributed by atoms with E-state index in [2.05, 4.69) is 53.6 Å². The Labute approximate surface area is 169 Å². The van der Waals surface area contributed by atoms with Crippen molar-refractivity contribution < 1.29 is 19.4 Å². The second-order valence-electron chi connectivity index (χ2n) is 9.51. The van der Waals surface area contributed by atoms with E-state index in [4.69, 9.17) is 9.47 Å². The van der Waals surface area contributed by atoms with Crippen LogP contribution in [0.1, 0.15) is 75.1 Å². The highest BCUT2D eigenvalue weighted by atomic mass is 16.5. The summed E-state index contributed by atoms with van der Waals surface area (Å²) in [5.41, 5.74) is 6.23. The molecule has 156 valence electrons. The van der Waals surface area contributed by atoms with Crippen LogP contribution in [-0.2, 0) is 22.4 Å². The quantitative estimate of drug-likeness (QED) is 0.774. The summed E-state index contributed by atoms with van der Waals surface area (Å²) >= 11 is 0. The van der Waals surface area contributed by atoms with Gasteiger partial charge in [0.2, 0.25) is 0 Å². The fourth-order valence-corrected chi connectivity index (χ4v) is 4.83. The standard InChI is InChI=1S/C23H35NO4/c1-13(2)20-17(9-8-16-10-15(25)11-19(26)27-16)22-18(12-23(4,5)28-22)14(3)21(20)24(6)7/h13,15-16,25H,8-12H2,1-7H3/t15-,16-/m1/s1. The number of anilines is 1. The molecule has 1 saturated heterocycles. The van der Waals surface area contributed by atoms with Gasteiger partial charge < -0.3 is 19.5 Å². The summed E-state index contributed by atoms with van der Waals surface area (Å²) in [7, 11) is 4.20. The summed E-state index contributed by atoms with van der Waals surface area (Å²) in [6, 6.07) is 0. The Kier molecular flexibility index (Phi) is 5.68. The van der Waals surface area contributed by atoms with Crippen LogP contribution in [0.15, 0.2) is 0 Å². The Balaban J connectivity index is 2.02. The number of esters is 1. The number of rotatable bonds is 5. The minimum atomic E-state index is -0.591. The first-order chi connectivity index (χ1) is 13.0. The summed E-state index contributed by atoms with van der Waals surface area (Å²) in [5, 5.41) is 9.93. The van der Waals surface area contributed by atoms with E-state index in [1.807, 2.05) is 0 Å². The largest absolute Gasteiger partial charge is 0.487 e. The average molecular weight is 390 g/mol. The van der Waals surface area contributed by atoms with Gasteiger partial charge in [-0.2, -0.15) is 0 Å². The number of fused-ring (bicyclic) bond motifs is 1. The molecule has 0 amide bonds. The van der Waals surface area contributed by atoms with Crippen LogP contribution < -0.4 is 9.64 Å². The van der Waals surface area contributed by atoms with Gasteiger partial charge in [0.25, 0.3) is 0 Å². The zero-order valence-electron chi connectivity index (χ0n) is 18.4. The van der Waals surface area contributed by atoms with Crippen molar-refractivity contribution in [2.45, 2.75) is 90.4 Å². The highest BCUT2D eigenvalue weighted by Crippen LogP contribution is 2.48. The van der Waals surface area contributed by atoms with Gasteiger partial charge in [0.05, 0.1) is 12.5 Å². The summed E-state index contributed by atoms with van der Waals surface area (Å²) in [6.45, 7) is 10.9. The maximum Gasteiger partial charge on any atom is 0.308 e. The first kappa shape index (κ1) is 21.0. The Hall–Kier alpha value is -1.75. The molecule has 0 spiro atoms. The smallest absolute Gasteiger partial charge is 0.308 e. The van der Waals surface area contributed by atoms with Gasteiger partial charge in [0.1, 0.15) is 17.5 Å². The van der Waals surface area contributed by atoms with Crippen LogP contribution >= 0.6 is 0 Å². The second-order valence-corrected chi connectivity index (χ2v) is 9.51. The topological polar surface area (TPSA) is 59.0 Å². The number of nitrogens with zero attached hydrogens (tertiary/aromatic N) is 1. The SMILES string of the molecule is Cc1c2c(c(CC[C@@H]3C[C@@H](O)CC(=O)O3)c(C(C)C)c1N(C)C)OC(C)(C)C2. The molecule has 0 saturated carbocycles. The van der Waals surface area contributed by atoms with Crippen LogP contribution in [-0.4, -0.2) is 43.0 Å². The lowest BCUT2D eigenvalue weighted by atomic mass is 9.84. The average Bonchev–Trinajstić information content (AvgIpc) is 2.88. The molecule has 1 aromatic rings. The number of carbonyl (C=O) groups is 1. The molecule has 2 aliphatic heterocycles. The van der Waals surface area contributed by atoms with E-state index in [1.54, 1.807) is 0 Å². The van der Waals surface area contributed by atoms with Crippen molar-refractivity contribution in [3.8, 4) is 5.75 Å². The van der Waals surface area contributed by atoms with Gasteiger partial charge in [-0.1, -0.05) is 13.8 Å². The molecule has 2 atom stereocenters. The Morgan fingerprint density at radius 2 is 1.96 bits per heavy atom. The number of benzene rings is 1. The van der Waals surface area contributed by atoms with Crippen molar-refractivity contribution in [3.63, 3.8) is 0 Å². The van der Waals surface area contributed by atoms with E-state index >= 15 is 0 Å². The predicted molar refractivity (Wildman–Crippen MR) is 111 cm³/mol. The predicted octanol–water partition coefficient (Wildman–Crippen LogP) is 3.90. The number of aliphatic hydroxyl groups excluding tert-OH is 1. The van der Waals surface area contributed by atoms with Gasteiger partial charge in [0.15, 0.2) is 0 Å². The lowest BCUT2D eigenvalue weighted by molar-refractivity contribution is -0.160. The molecule has 1 N–H and O–H groups in total. The summed E-state index contributed by atoms with van der Waals surface area (Å²) in [5.74, 6) is 1.08. The molecule has 5 heteroatoms. The summed E-state index contributed by atoms with van der Waals surface area (Å²) in [6.07, 6.45) is 2.18. The molecule has 0 radical (unpaired) electrons. The van der Waals surface area contributed by atoms with Crippen molar-refractivity contribution in [2.24, 2.45) is 0 Å². The second kappa shape index (κ2) is 7.58. The van der Waals surface area contributed by atoms with Gasteiger partial charge in [-0.05, 0) is 50.7 Å². The number of cyclic esters (lactones) is 1. The Morgan fingerprint density at radius 1 is 1.29 bits per heavy atom. The van der Waals surface area contributed by atoms with Crippen LogP contribution in [0.3, 0.4) is 0 Å². The molecule has 1 aromatic carbocycles. The minimum absolute atomic E-state index is 0.107. The highest BCUT2D eigenvalue weighted by molar-refractivity contribution is 5.72. The van der Waals surface area contributed by atoms with Crippen molar-refractivity contribution in [1.29, 1.82) is 0 Å². The van der Waals surface area contributed by atoms with Crippen molar-refractivity contribution in [3.05, 3.63) is 22.3 Å². The fourth-order valence-electron chi connectivity index (χ4n) is 4.83. The van der Waals surface area contributed by atoms with E-state index < -0.39 is 6.10 Å². The van der Waals surface area contributed by atoms with E-state index in [0.717, 1.165) is 18.6 Å². The van der Waals surface area contributed by atoms with Crippen LogP contribution in [0.25, 0.3) is 0 Å². The molecule has 0 aromatic heterocycles. The number of ether oxygens (including phenoxy) is 2. The zero-order valence-corrected chi connectivity index (χ0v) is 18.4. The third-order valence-corrected chi connectivity index (χ3v) is 5.89. The van der Waals surface area contributed by atoms with E-state index in [-0.39, 0.29) is 24.1 Å². The molecule has 28 heavy (non-hydrogen) atoms. The molecule has 0 aliphatic carbocycles. The lowest BCUT2D eigenvalue weighted by Crippen LogP contribution is -2.33. The maximum atomic E-state index is 11.7. The fraction of sp³-hybridized carbons (Fsp3) is 0.696. The number of carbonyl (C=O) groups excluding carboxylic acids is 1. The molecular weight excluding hydrogens is 354 g/mol. The van der Waals surface area contributed by atoms with Crippen LogP contribution in [0.2, 0.25) is 0 Å². The minimum Gasteiger partial charge on any atom is -0.487 e. The Morgan fingerprint density at radius 3 is 2.54 bits per heavy atom. The van der Waals surface area contributed by atoms with Crippen LogP contribution in [0, 0.1) is 6.92 Å². The number of aliphatic hydroxyl groups is 1. The first-order valence-electron chi connectivity index (χ1n) is 10.4. The third kappa shape index (κ3) is 4.00. The van der Waals surface area contributed by atoms with Gasteiger partial charge in [-0.25, -0.2) is 0 Å². The molecule has 0 unspecified atom stereocenters. The molecule has 1 fully saturated rings. The van der Waals surface area contributed by atoms with E-state index in [1.165, 1.54) is 27.9 Å². The molecule has 2 heterocycles. The zero-order chi connectivity index (χ0) is 20.8. The van der Waals surface area contributed by atoms with Gasteiger partial charge in [0, 0.05) is 43.8 Å².